The second-order valence-electron chi connectivity index (χ2n) is 3.67. The molecule has 6 heteroatoms. The molecule has 0 aromatic rings. The summed E-state index contributed by atoms with van der Waals surface area (Å²) in [6, 6.07) is 0. The summed E-state index contributed by atoms with van der Waals surface area (Å²) >= 11 is 10.3. The molecule has 0 N–H and O–H groups in total. The molecule has 0 atom stereocenters. The van der Waals surface area contributed by atoms with Gasteiger partial charge in [0.2, 0.25) is 0 Å². The normalized spacial score (nSPS) is 25.0. The summed E-state index contributed by atoms with van der Waals surface area (Å²) in [5.41, 5.74) is -3.12. The molecule has 0 saturated heterocycles. The molecule has 2 aliphatic carbocycles. The quantitative estimate of drug-likeness (QED) is 0.710. The van der Waals surface area contributed by atoms with Crippen molar-refractivity contribution in [2.45, 2.75) is 36.9 Å². The summed E-state index contributed by atoms with van der Waals surface area (Å²) in [5, 5.41) is 0. The topological polar surface area (TPSA) is 52.6 Å². The lowest BCUT2D eigenvalue weighted by Crippen LogP contribution is -2.37. The highest BCUT2D eigenvalue weighted by atomic mass is 35.5. The molecule has 0 aliphatic heterocycles. The number of carbonyl (C=O) groups excluding carboxylic acids is 2. The number of hydrogen-bond donors (Lipinski definition) is 0. The Labute approximate surface area is 90.4 Å². The van der Waals surface area contributed by atoms with Crippen LogP contribution in [0.15, 0.2) is 0 Å². The van der Waals surface area contributed by atoms with Gasteiger partial charge in [0, 0.05) is 23.2 Å². The van der Waals surface area contributed by atoms with E-state index >= 15 is 0 Å². The minimum absolute atomic E-state index is 0.676. The van der Waals surface area contributed by atoms with Gasteiger partial charge in [-0.3, -0.25) is 0 Å². The highest BCUT2D eigenvalue weighted by Gasteiger charge is 2.71. The molecule has 0 bridgehead atoms. The van der Waals surface area contributed by atoms with Crippen molar-refractivity contribution < 1.29 is 19.1 Å². The Balaban J connectivity index is 2.06. The fourth-order valence-corrected chi connectivity index (χ4v) is 2.13. The zero-order chi connectivity index (χ0) is 10.4. The number of hydrogen-bond acceptors (Lipinski definition) is 4. The molecular formula is C8H8Cl2O4. The summed E-state index contributed by atoms with van der Waals surface area (Å²) in [6.45, 7) is 0. The maximum absolute atomic E-state index is 10.6. The molecule has 0 heterocycles. The Morgan fingerprint density at radius 1 is 0.857 bits per heavy atom. The first-order chi connectivity index (χ1) is 6.50. The van der Waals surface area contributed by atoms with Crippen molar-refractivity contribution in [1.29, 1.82) is 0 Å². The minimum Gasteiger partial charge on any atom is -0.443 e. The van der Waals surface area contributed by atoms with Gasteiger partial charge in [0.05, 0.1) is 0 Å². The van der Waals surface area contributed by atoms with Crippen LogP contribution in [-0.4, -0.2) is 22.1 Å². The molecule has 0 unspecified atom stereocenters. The van der Waals surface area contributed by atoms with E-state index in [1.807, 2.05) is 0 Å². The lowest BCUT2D eigenvalue weighted by atomic mass is 10.1. The first kappa shape index (κ1) is 10.1. The van der Waals surface area contributed by atoms with Crippen LogP contribution in [0.3, 0.4) is 0 Å². The first-order valence-corrected chi connectivity index (χ1v) is 5.02. The SMILES string of the molecule is O=C(Cl)OC1(C2(OC(=O)Cl)CC2)CC1. The summed E-state index contributed by atoms with van der Waals surface area (Å²) in [6.07, 6.45) is 2.70. The van der Waals surface area contributed by atoms with Gasteiger partial charge in [-0.05, 0) is 25.7 Å². The van der Waals surface area contributed by atoms with Crippen molar-refractivity contribution >= 4 is 34.1 Å². The number of carbonyl (C=O) groups is 2. The van der Waals surface area contributed by atoms with Crippen molar-refractivity contribution in [2.75, 3.05) is 0 Å². The standard InChI is InChI=1S/C8H8Cl2O4/c9-5(11)13-7(1-2-7)8(3-4-8)14-6(10)12/h1-4H2. The van der Waals surface area contributed by atoms with Gasteiger partial charge in [0.25, 0.3) is 0 Å². The second-order valence-corrected chi connectivity index (χ2v) is 4.29. The zero-order valence-corrected chi connectivity index (χ0v) is 8.73. The van der Waals surface area contributed by atoms with Gasteiger partial charge in [-0.25, -0.2) is 9.59 Å². The third kappa shape index (κ3) is 1.57. The molecule has 0 spiro atoms. The Bertz CT molecular complexity index is 264. The van der Waals surface area contributed by atoms with Gasteiger partial charge in [0.15, 0.2) is 11.2 Å². The third-order valence-corrected chi connectivity index (χ3v) is 2.94. The zero-order valence-electron chi connectivity index (χ0n) is 7.22. The van der Waals surface area contributed by atoms with E-state index in [1.54, 1.807) is 0 Å². The van der Waals surface area contributed by atoms with Crippen molar-refractivity contribution in [3.05, 3.63) is 0 Å². The van der Waals surface area contributed by atoms with Crippen LogP contribution in [0.4, 0.5) is 9.59 Å². The van der Waals surface area contributed by atoms with Crippen LogP contribution in [0.5, 0.6) is 0 Å². The van der Waals surface area contributed by atoms with E-state index in [1.165, 1.54) is 0 Å². The average Bonchev–Trinajstić information content (AvgIpc) is 2.83. The van der Waals surface area contributed by atoms with Crippen LogP contribution in [0.1, 0.15) is 25.7 Å². The minimum atomic E-state index is -0.862. The van der Waals surface area contributed by atoms with Gasteiger partial charge in [-0.15, -0.1) is 0 Å². The van der Waals surface area contributed by atoms with Gasteiger partial charge in [0.1, 0.15) is 0 Å². The molecule has 0 aromatic heterocycles. The Hall–Kier alpha value is -0.480. The molecule has 2 saturated carbocycles. The maximum atomic E-state index is 10.6. The number of halogens is 2. The lowest BCUT2D eigenvalue weighted by molar-refractivity contribution is -0.0263. The summed E-state index contributed by atoms with van der Waals surface area (Å²) in [5.74, 6) is 0. The van der Waals surface area contributed by atoms with E-state index in [0.717, 1.165) is 0 Å². The van der Waals surface area contributed by atoms with Crippen LogP contribution in [0.25, 0.3) is 0 Å². The molecule has 0 aromatic carbocycles. The molecule has 78 valence electrons. The van der Waals surface area contributed by atoms with E-state index in [0.29, 0.717) is 25.7 Å². The highest BCUT2D eigenvalue weighted by Crippen LogP contribution is 2.62. The van der Waals surface area contributed by atoms with E-state index in [-0.39, 0.29) is 0 Å². The lowest BCUT2D eigenvalue weighted by Gasteiger charge is -2.24. The third-order valence-electron chi connectivity index (χ3n) is 2.79. The van der Waals surface area contributed by atoms with Crippen molar-refractivity contribution in [3.8, 4) is 0 Å². The van der Waals surface area contributed by atoms with E-state index in [2.05, 4.69) is 0 Å². The smallest absolute Gasteiger partial charge is 0.404 e. The van der Waals surface area contributed by atoms with Crippen LogP contribution in [0, 0.1) is 0 Å². The fraction of sp³-hybridized carbons (Fsp3) is 0.750. The maximum Gasteiger partial charge on any atom is 0.404 e. The first-order valence-electron chi connectivity index (χ1n) is 4.27. The van der Waals surface area contributed by atoms with Crippen LogP contribution in [-0.2, 0) is 9.47 Å². The largest absolute Gasteiger partial charge is 0.443 e. The van der Waals surface area contributed by atoms with Gasteiger partial charge < -0.3 is 9.47 Å². The number of ether oxygens (including phenoxy) is 2. The Morgan fingerprint density at radius 2 is 1.14 bits per heavy atom. The fourth-order valence-electron chi connectivity index (χ4n) is 1.84. The van der Waals surface area contributed by atoms with Crippen molar-refractivity contribution in [1.82, 2.24) is 0 Å². The van der Waals surface area contributed by atoms with Crippen molar-refractivity contribution in [3.63, 3.8) is 0 Å². The van der Waals surface area contributed by atoms with Gasteiger partial charge >= 0.3 is 10.9 Å². The molecule has 2 fully saturated rings. The van der Waals surface area contributed by atoms with E-state index < -0.39 is 22.1 Å². The predicted octanol–water partition coefficient (Wildman–Crippen LogP) is 2.80. The van der Waals surface area contributed by atoms with Crippen LogP contribution >= 0.6 is 23.2 Å². The molecule has 2 rings (SSSR count). The van der Waals surface area contributed by atoms with E-state index in [9.17, 15) is 9.59 Å². The number of rotatable bonds is 3. The molecule has 4 nitrogen and oxygen atoms in total. The molecule has 0 radical (unpaired) electrons. The average molecular weight is 239 g/mol. The summed E-state index contributed by atoms with van der Waals surface area (Å²) in [7, 11) is 0. The van der Waals surface area contributed by atoms with Crippen LogP contribution in [0.2, 0.25) is 0 Å². The summed E-state index contributed by atoms with van der Waals surface area (Å²) < 4.78 is 9.94. The molecule has 0 amide bonds. The Morgan fingerprint density at radius 3 is 1.29 bits per heavy atom. The Kier molecular flexibility index (Phi) is 2.16. The summed E-state index contributed by atoms with van der Waals surface area (Å²) in [4.78, 5) is 21.3. The van der Waals surface area contributed by atoms with Gasteiger partial charge in [-0.1, -0.05) is 0 Å². The van der Waals surface area contributed by atoms with Crippen LogP contribution < -0.4 is 0 Å². The highest BCUT2D eigenvalue weighted by molar-refractivity contribution is 6.61. The predicted molar refractivity (Wildman–Crippen MR) is 48.6 cm³/mol. The van der Waals surface area contributed by atoms with Crippen molar-refractivity contribution in [2.24, 2.45) is 0 Å². The monoisotopic (exact) mass is 238 g/mol. The molecule has 2 aliphatic rings. The molecular weight excluding hydrogens is 231 g/mol. The van der Waals surface area contributed by atoms with E-state index in [4.69, 9.17) is 32.7 Å². The van der Waals surface area contributed by atoms with Gasteiger partial charge in [-0.2, -0.15) is 0 Å². The molecule has 14 heavy (non-hydrogen) atoms. The second kappa shape index (κ2) is 3.00.